The summed E-state index contributed by atoms with van der Waals surface area (Å²) in [7, 11) is -1.52. The van der Waals surface area contributed by atoms with E-state index in [0.717, 1.165) is 31.4 Å². The number of rotatable bonds is 7. The van der Waals surface area contributed by atoms with Crippen LogP contribution in [0.5, 0.6) is 0 Å². The molecule has 0 saturated carbocycles. The number of allylic oxidation sites excluding steroid dienone is 1. The molecular weight excluding hydrogens is 272 g/mol. The summed E-state index contributed by atoms with van der Waals surface area (Å²) in [6.45, 7) is 1.22. The van der Waals surface area contributed by atoms with Crippen LogP contribution in [0.25, 0.3) is 0 Å². The molecule has 0 spiro atoms. The zero-order valence-corrected chi connectivity index (χ0v) is 12.7. The molecule has 0 atom stereocenters. The molecule has 1 aliphatic carbocycles. The molecule has 0 heterocycles. The van der Waals surface area contributed by atoms with Crippen LogP contribution in [0.1, 0.15) is 31.2 Å². The lowest BCUT2D eigenvalue weighted by atomic mass is 10.2. The molecule has 0 saturated heterocycles. The number of hydrogen-bond donors (Lipinski definition) is 2. The molecule has 0 aromatic heterocycles. The molecule has 0 unspecified atom stereocenters. The van der Waals surface area contributed by atoms with Gasteiger partial charge >= 0.3 is 0 Å². The Morgan fingerprint density at radius 2 is 1.95 bits per heavy atom. The van der Waals surface area contributed by atoms with Gasteiger partial charge in [0.25, 0.3) is 0 Å². The predicted molar refractivity (Wildman–Crippen MR) is 80.9 cm³/mol. The largest absolute Gasteiger partial charge is 0.316 e. The van der Waals surface area contributed by atoms with Gasteiger partial charge in [-0.05, 0) is 50.4 Å². The molecule has 0 fully saturated rings. The van der Waals surface area contributed by atoms with E-state index in [1.807, 2.05) is 19.2 Å². The maximum Gasteiger partial charge on any atom is 0.240 e. The summed E-state index contributed by atoms with van der Waals surface area (Å²) >= 11 is 0. The molecule has 0 radical (unpaired) electrons. The third-order valence-corrected chi connectivity index (χ3v) is 4.96. The first-order valence-electron chi connectivity index (χ1n) is 7.03. The fourth-order valence-electron chi connectivity index (χ4n) is 2.38. The van der Waals surface area contributed by atoms with E-state index in [9.17, 15) is 8.42 Å². The first-order valence-corrected chi connectivity index (χ1v) is 8.51. The monoisotopic (exact) mass is 294 g/mol. The van der Waals surface area contributed by atoms with E-state index in [-0.39, 0.29) is 0 Å². The van der Waals surface area contributed by atoms with Crippen LogP contribution >= 0.6 is 0 Å². The zero-order chi connectivity index (χ0) is 14.4. The van der Waals surface area contributed by atoms with Crippen LogP contribution in [0, 0.1) is 0 Å². The van der Waals surface area contributed by atoms with E-state index in [4.69, 9.17) is 0 Å². The van der Waals surface area contributed by atoms with Gasteiger partial charge in [-0.3, -0.25) is 0 Å². The molecule has 20 heavy (non-hydrogen) atoms. The van der Waals surface area contributed by atoms with Crippen molar-refractivity contribution < 1.29 is 8.42 Å². The Labute approximate surface area is 121 Å². The van der Waals surface area contributed by atoms with Crippen molar-refractivity contribution in [2.75, 3.05) is 13.6 Å². The lowest BCUT2D eigenvalue weighted by molar-refractivity contribution is 0.581. The molecule has 1 aromatic carbocycles. The van der Waals surface area contributed by atoms with Gasteiger partial charge in [-0.1, -0.05) is 23.8 Å². The SMILES string of the molecule is CNCc1ccc(S(=O)(=O)NCCC2=CCCC2)cc1. The maximum absolute atomic E-state index is 12.1. The second kappa shape index (κ2) is 7.02. The Balaban J connectivity index is 1.91. The third kappa shape index (κ3) is 4.16. The van der Waals surface area contributed by atoms with Gasteiger partial charge in [0.05, 0.1) is 4.90 Å². The van der Waals surface area contributed by atoms with Gasteiger partial charge in [-0.2, -0.15) is 0 Å². The highest BCUT2D eigenvalue weighted by Crippen LogP contribution is 2.20. The van der Waals surface area contributed by atoms with Crippen molar-refractivity contribution in [1.29, 1.82) is 0 Å². The van der Waals surface area contributed by atoms with Crippen LogP contribution in [0.3, 0.4) is 0 Å². The van der Waals surface area contributed by atoms with Crippen molar-refractivity contribution in [2.24, 2.45) is 0 Å². The second-order valence-electron chi connectivity index (χ2n) is 5.08. The van der Waals surface area contributed by atoms with Gasteiger partial charge < -0.3 is 5.32 Å². The van der Waals surface area contributed by atoms with Crippen molar-refractivity contribution in [1.82, 2.24) is 10.0 Å². The highest BCUT2D eigenvalue weighted by molar-refractivity contribution is 7.89. The molecule has 5 heteroatoms. The third-order valence-electron chi connectivity index (χ3n) is 3.49. The zero-order valence-electron chi connectivity index (χ0n) is 11.9. The summed E-state index contributed by atoms with van der Waals surface area (Å²) in [5.74, 6) is 0. The van der Waals surface area contributed by atoms with E-state index < -0.39 is 10.0 Å². The van der Waals surface area contributed by atoms with Crippen molar-refractivity contribution in [2.45, 2.75) is 37.1 Å². The average Bonchev–Trinajstić information content (AvgIpc) is 2.93. The first-order chi connectivity index (χ1) is 9.62. The van der Waals surface area contributed by atoms with Gasteiger partial charge in [-0.15, -0.1) is 0 Å². The van der Waals surface area contributed by atoms with Gasteiger partial charge in [0.2, 0.25) is 10.0 Å². The van der Waals surface area contributed by atoms with E-state index in [0.29, 0.717) is 11.4 Å². The summed E-state index contributed by atoms with van der Waals surface area (Å²) in [6.07, 6.45) is 6.49. The molecule has 2 N–H and O–H groups in total. The smallest absolute Gasteiger partial charge is 0.240 e. The van der Waals surface area contributed by atoms with Crippen molar-refractivity contribution in [3.8, 4) is 0 Å². The summed E-state index contributed by atoms with van der Waals surface area (Å²) in [6, 6.07) is 6.99. The summed E-state index contributed by atoms with van der Waals surface area (Å²) < 4.78 is 26.9. The second-order valence-corrected chi connectivity index (χ2v) is 6.84. The van der Waals surface area contributed by atoms with Gasteiger partial charge in [0.15, 0.2) is 0 Å². The minimum absolute atomic E-state index is 0.331. The number of nitrogens with one attached hydrogen (secondary N) is 2. The topological polar surface area (TPSA) is 58.2 Å². The Bertz CT molecular complexity index is 562. The average molecular weight is 294 g/mol. The van der Waals surface area contributed by atoms with Crippen molar-refractivity contribution >= 4 is 10.0 Å². The Hall–Kier alpha value is -1.17. The summed E-state index contributed by atoms with van der Waals surface area (Å²) in [5, 5.41) is 3.04. The van der Waals surface area contributed by atoms with Gasteiger partial charge in [-0.25, -0.2) is 13.1 Å². The molecule has 1 aliphatic rings. The van der Waals surface area contributed by atoms with Crippen LogP contribution < -0.4 is 10.0 Å². The fourth-order valence-corrected chi connectivity index (χ4v) is 3.42. The highest BCUT2D eigenvalue weighted by atomic mass is 32.2. The van der Waals surface area contributed by atoms with Crippen LogP contribution in [0.2, 0.25) is 0 Å². The van der Waals surface area contributed by atoms with Crippen LogP contribution in [-0.2, 0) is 16.6 Å². The lowest BCUT2D eigenvalue weighted by Crippen LogP contribution is -2.25. The van der Waals surface area contributed by atoms with E-state index in [1.165, 1.54) is 12.0 Å². The van der Waals surface area contributed by atoms with Gasteiger partial charge in [0, 0.05) is 13.1 Å². The number of sulfonamides is 1. The van der Waals surface area contributed by atoms with Crippen LogP contribution in [-0.4, -0.2) is 22.0 Å². The molecule has 1 aromatic rings. The van der Waals surface area contributed by atoms with E-state index in [2.05, 4.69) is 16.1 Å². The predicted octanol–water partition coefficient (Wildman–Crippen LogP) is 2.18. The molecule has 110 valence electrons. The molecule has 0 aliphatic heterocycles. The molecular formula is C15H22N2O2S. The quantitative estimate of drug-likeness (QED) is 0.758. The molecule has 4 nitrogen and oxygen atoms in total. The fraction of sp³-hybridized carbons (Fsp3) is 0.467. The Kier molecular flexibility index (Phi) is 5.34. The molecule has 0 amide bonds. The maximum atomic E-state index is 12.1. The molecule has 0 bridgehead atoms. The van der Waals surface area contributed by atoms with Gasteiger partial charge in [0.1, 0.15) is 0 Å². The molecule has 2 rings (SSSR count). The van der Waals surface area contributed by atoms with Crippen LogP contribution in [0.4, 0.5) is 0 Å². The van der Waals surface area contributed by atoms with E-state index >= 15 is 0 Å². The Morgan fingerprint density at radius 1 is 1.20 bits per heavy atom. The van der Waals surface area contributed by atoms with Crippen molar-refractivity contribution in [3.63, 3.8) is 0 Å². The number of benzene rings is 1. The standard InChI is InChI=1S/C15H22N2O2S/c1-16-12-14-6-8-15(9-7-14)20(18,19)17-11-10-13-4-2-3-5-13/h4,6-9,16-17H,2-3,5,10-12H2,1H3. The Morgan fingerprint density at radius 3 is 2.55 bits per heavy atom. The lowest BCUT2D eigenvalue weighted by Gasteiger charge is -2.08. The summed E-state index contributed by atoms with van der Waals surface area (Å²) in [4.78, 5) is 0.331. The van der Waals surface area contributed by atoms with Crippen LogP contribution in [0.15, 0.2) is 40.8 Å². The first kappa shape index (κ1) is 15.2. The van der Waals surface area contributed by atoms with E-state index in [1.54, 1.807) is 12.1 Å². The minimum atomic E-state index is -3.38. The minimum Gasteiger partial charge on any atom is -0.316 e. The number of hydrogen-bond acceptors (Lipinski definition) is 3. The summed E-state index contributed by atoms with van der Waals surface area (Å²) in [5.41, 5.74) is 2.44. The van der Waals surface area contributed by atoms with Crippen molar-refractivity contribution in [3.05, 3.63) is 41.5 Å². The highest BCUT2D eigenvalue weighted by Gasteiger charge is 2.13. The normalized spacial score (nSPS) is 15.3.